The van der Waals surface area contributed by atoms with Gasteiger partial charge >= 0.3 is 0 Å². The van der Waals surface area contributed by atoms with Crippen LogP contribution in [0.25, 0.3) is 0 Å². The topological polar surface area (TPSA) is 18.5 Å². The first-order chi connectivity index (χ1) is 9.99. The Balaban J connectivity index is 1.99. The van der Waals surface area contributed by atoms with E-state index in [1.165, 1.54) is 5.56 Å². The van der Waals surface area contributed by atoms with Gasteiger partial charge in [0.1, 0.15) is 5.82 Å². The highest BCUT2D eigenvalue weighted by molar-refractivity contribution is 5.27. The largest absolute Gasteiger partial charge is 0.317 e. The zero-order chi connectivity index (χ0) is 15.4. The summed E-state index contributed by atoms with van der Waals surface area (Å²) in [4.78, 5) is 4.86. The summed E-state index contributed by atoms with van der Waals surface area (Å²) in [6, 6.07) is 6.12. The summed E-state index contributed by atoms with van der Waals surface area (Å²) in [5.74, 6) is -0.147. The Hall–Kier alpha value is -0.970. The smallest absolute Gasteiger partial charge is 0.123 e. The minimum atomic E-state index is -0.147. The van der Waals surface area contributed by atoms with Gasteiger partial charge in [-0.2, -0.15) is 0 Å². The lowest BCUT2D eigenvalue weighted by molar-refractivity contribution is 0.102. The Bertz CT molecular complexity index is 463. The fraction of sp³-hybridized carbons (Fsp3) is 0.647. The molecule has 1 aliphatic rings. The molecule has 1 aliphatic heterocycles. The lowest BCUT2D eigenvalue weighted by Gasteiger charge is -2.39. The molecule has 1 aromatic carbocycles. The van der Waals surface area contributed by atoms with Gasteiger partial charge in [-0.1, -0.05) is 6.07 Å². The molecule has 1 saturated heterocycles. The normalized spacial score (nSPS) is 22.4. The number of nitrogens with one attached hydrogen (secondary N) is 1. The van der Waals surface area contributed by atoms with Crippen molar-refractivity contribution in [2.24, 2.45) is 0 Å². The van der Waals surface area contributed by atoms with E-state index in [1.54, 1.807) is 12.1 Å². The Morgan fingerprint density at radius 2 is 2.10 bits per heavy atom. The fourth-order valence-corrected chi connectivity index (χ4v) is 3.14. The van der Waals surface area contributed by atoms with Crippen molar-refractivity contribution in [1.29, 1.82) is 0 Å². The summed E-state index contributed by atoms with van der Waals surface area (Å²) in [6.07, 6.45) is 2.07. The van der Waals surface area contributed by atoms with Crippen LogP contribution in [-0.2, 0) is 6.42 Å². The predicted octanol–water partition coefficient (Wildman–Crippen LogP) is 1.90. The van der Waals surface area contributed by atoms with Crippen LogP contribution in [0.5, 0.6) is 0 Å². The van der Waals surface area contributed by atoms with Gasteiger partial charge in [0.05, 0.1) is 0 Å². The first-order valence-electron chi connectivity index (χ1n) is 7.80. The van der Waals surface area contributed by atoms with Crippen LogP contribution in [-0.4, -0.2) is 62.7 Å². The maximum Gasteiger partial charge on any atom is 0.123 e. The first-order valence-corrected chi connectivity index (χ1v) is 7.80. The third-order valence-electron chi connectivity index (χ3n) is 4.72. The SMILES string of the molecule is CNC(Cc1ccc(F)cc1C)CC1CN(C)CCN1C. The van der Waals surface area contributed by atoms with Gasteiger partial charge in [0.25, 0.3) is 0 Å². The third kappa shape index (κ3) is 4.50. The van der Waals surface area contributed by atoms with Crippen LogP contribution < -0.4 is 5.32 Å². The van der Waals surface area contributed by atoms with Gasteiger partial charge in [0.2, 0.25) is 0 Å². The van der Waals surface area contributed by atoms with Crippen LogP contribution in [0.15, 0.2) is 18.2 Å². The summed E-state index contributed by atoms with van der Waals surface area (Å²) in [5.41, 5.74) is 2.28. The van der Waals surface area contributed by atoms with Crippen LogP contribution in [0, 0.1) is 12.7 Å². The van der Waals surface area contributed by atoms with Gasteiger partial charge < -0.3 is 15.1 Å². The Morgan fingerprint density at radius 3 is 2.76 bits per heavy atom. The van der Waals surface area contributed by atoms with Crippen LogP contribution in [0.4, 0.5) is 4.39 Å². The molecule has 2 atom stereocenters. The van der Waals surface area contributed by atoms with Crippen LogP contribution in [0.1, 0.15) is 17.5 Å². The van der Waals surface area contributed by atoms with Crippen molar-refractivity contribution in [2.45, 2.75) is 31.8 Å². The van der Waals surface area contributed by atoms with Crippen LogP contribution in [0.3, 0.4) is 0 Å². The van der Waals surface area contributed by atoms with E-state index in [1.807, 2.05) is 20.0 Å². The van der Waals surface area contributed by atoms with E-state index < -0.39 is 0 Å². The van der Waals surface area contributed by atoms with E-state index >= 15 is 0 Å². The molecule has 0 bridgehead atoms. The molecule has 1 fully saturated rings. The standard InChI is InChI=1S/C17H28FN3/c1-13-9-15(18)6-5-14(13)10-16(19-2)11-17-12-20(3)7-8-21(17)4/h5-6,9,16-17,19H,7-8,10-12H2,1-4H3. The number of hydrogen-bond acceptors (Lipinski definition) is 3. The molecule has 118 valence electrons. The number of rotatable bonds is 5. The number of likely N-dealkylation sites (N-methyl/N-ethyl adjacent to an activating group) is 3. The zero-order valence-electron chi connectivity index (χ0n) is 13.7. The molecule has 3 nitrogen and oxygen atoms in total. The quantitative estimate of drug-likeness (QED) is 0.894. The second-order valence-electron chi connectivity index (χ2n) is 6.39. The number of hydrogen-bond donors (Lipinski definition) is 1. The average Bonchev–Trinajstić information content (AvgIpc) is 2.44. The molecular formula is C17H28FN3. The van der Waals surface area contributed by atoms with Crippen molar-refractivity contribution in [3.05, 3.63) is 35.1 Å². The fourth-order valence-electron chi connectivity index (χ4n) is 3.14. The van der Waals surface area contributed by atoms with Gasteiger partial charge in [0.15, 0.2) is 0 Å². The van der Waals surface area contributed by atoms with E-state index in [0.29, 0.717) is 12.1 Å². The van der Waals surface area contributed by atoms with Gasteiger partial charge in [-0.05, 0) is 64.2 Å². The Labute approximate surface area is 128 Å². The molecular weight excluding hydrogens is 265 g/mol. The average molecular weight is 293 g/mol. The molecule has 21 heavy (non-hydrogen) atoms. The molecule has 2 unspecified atom stereocenters. The summed E-state index contributed by atoms with van der Waals surface area (Å²) in [7, 11) is 6.43. The van der Waals surface area contributed by atoms with Crippen LogP contribution >= 0.6 is 0 Å². The summed E-state index contributed by atoms with van der Waals surface area (Å²) in [6.45, 7) is 5.39. The van der Waals surface area contributed by atoms with Crippen molar-refractivity contribution >= 4 is 0 Å². The van der Waals surface area contributed by atoms with Gasteiger partial charge in [-0.15, -0.1) is 0 Å². The zero-order valence-corrected chi connectivity index (χ0v) is 13.7. The lowest BCUT2D eigenvalue weighted by atomic mass is 9.95. The van der Waals surface area contributed by atoms with E-state index in [-0.39, 0.29) is 5.82 Å². The van der Waals surface area contributed by atoms with Gasteiger partial charge in [0, 0.05) is 31.7 Å². The minimum Gasteiger partial charge on any atom is -0.317 e. The van der Waals surface area contributed by atoms with E-state index in [9.17, 15) is 4.39 Å². The number of benzene rings is 1. The molecule has 1 N–H and O–H groups in total. The van der Waals surface area contributed by atoms with Crippen molar-refractivity contribution in [2.75, 3.05) is 40.8 Å². The van der Waals surface area contributed by atoms with Crippen molar-refractivity contribution < 1.29 is 4.39 Å². The predicted molar refractivity (Wildman–Crippen MR) is 86.2 cm³/mol. The van der Waals surface area contributed by atoms with E-state index in [2.05, 4.69) is 29.2 Å². The van der Waals surface area contributed by atoms with Crippen LogP contribution in [0.2, 0.25) is 0 Å². The summed E-state index contributed by atoms with van der Waals surface area (Å²) in [5, 5.41) is 3.44. The molecule has 0 radical (unpaired) electrons. The first kappa shape index (κ1) is 16.4. The van der Waals surface area contributed by atoms with Gasteiger partial charge in [-0.3, -0.25) is 0 Å². The number of aryl methyl sites for hydroxylation is 1. The highest BCUT2D eigenvalue weighted by Gasteiger charge is 2.25. The molecule has 4 heteroatoms. The maximum absolute atomic E-state index is 13.2. The monoisotopic (exact) mass is 293 g/mol. The Kier molecular flexibility index (Phi) is 5.73. The molecule has 1 aromatic rings. The van der Waals surface area contributed by atoms with E-state index in [0.717, 1.165) is 38.0 Å². The molecule has 0 saturated carbocycles. The molecule has 2 rings (SSSR count). The molecule has 0 aromatic heterocycles. The van der Waals surface area contributed by atoms with Crippen molar-refractivity contribution in [3.63, 3.8) is 0 Å². The third-order valence-corrected chi connectivity index (χ3v) is 4.72. The Morgan fingerprint density at radius 1 is 1.33 bits per heavy atom. The molecule has 0 aliphatic carbocycles. The molecule has 0 amide bonds. The number of nitrogens with zero attached hydrogens (tertiary/aromatic N) is 2. The second-order valence-corrected chi connectivity index (χ2v) is 6.39. The summed E-state index contributed by atoms with van der Waals surface area (Å²) < 4.78 is 13.2. The molecule has 1 heterocycles. The lowest BCUT2D eigenvalue weighted by Crippen LogP contribution is -2.52. The summed E-state index contributed by atoms with van der Waals surface area (Å²) >= 11 is 0. The highest BCUT2D eigenvalue weighted by Crippen LogP contribution is 2.17. The van der Waals surface area contributed by atoms with E-state index in [4.69, 9.17) is 0 Å². The molecule has 0 spiro atoms. The number of piperazine rings is 1. The van der Waals surface area contributed by atoms with Crippen molar-refractivity contribution in [1.82, 2.24) is 15.1 Å². The maximum atomic E-state index is 13.2. The minimum absolute atomic E-state index is 0.147. The van der Waals surface area contributed by atoms with Crippen molar-refractivity contribution in [3.8, 4) is 0 Å². The second kappa shape index (κ2) is 7.34. The van der Waals surface area contributed by atoms with Gasteiger partial charge in [-0.25, -0.2) is 4.39 Å². The number of halogens is 1. The highest BCUT2D eigenvalue weighted by atomic mass is 19.1.